The fourth-order valence-electron chi connectivity index (χ4n) is 3.68. The first-order valence-corrected chi connectivity index (χ1v) is 10.8. The van der Waals surface area contributed by atoms with Crippen molar-refractivity contribution in [3.05, 3.63) is 71.2 Å². The van der Waals surface area contributed by atoms with Gasteiger partial charge in [-0.1, -0.05) is 53.6 Å². The second-order valence-electron chi connectivity index (χ2n) is 7.69. The number of hydrogen-bond acceptors (Lipinski definition) is 4. The van der Waals surface area contributed by atoms with Gasteiger partial charge in [-0.2, -0.15) is 0 Å². The molecule has 2 heterocycles. The van der Waals surface area contributed by atoms with Crippen molar-refractivity contribution < 1.29 is 14.0 Å². The molecule has 160 valence electrons. The van der Waals surface area contributed by atoms with Crippen molar-refractivity contribution in [1.82, 2.24) is 10.3 Å². The molecule has 0 aliphatic carbocycles. The molecule has 1 aliphatic rings. The molecule has 1 atom stereocenters. The van der Waals surface area contributed by atoms with Gasteiger partial charge in [-0.15, -0.1) is 0 Å². The molecule has 4 rings (SSSR count). The van der Waals surface area contributed by atoms with Crippen molar-refractivity contribution in [2.24, 2.45) is 0 Å². The Bertz CT molecular complexity index is 1080. The summed E-state index contributed by atoms with van der Waals surface area (Å²) in [5, 5.41) is 3.38. The summed E-state index contributed by atoms with van der Waals surface area (Å²) < 4.78 is 5.78. The molecule has 1 aliphatic heterocycles. The van der Waals surface area contributed by atoms with Crippen molar-refractivity contribution in [1.29, 1.82) is 0 Å². The maximum atomic E-state index is 12.9. The van der Waals surface area contributed by atoms with E-state index in [1.807, 2.05) is 49.4 Å². The highest BCUT2D eigenvalue weighted by atomic mass is 35.5. The molecular weight excluding hydrogens is 414 g/mol. The van der Waals surface area contributed by atoms with Gasteiger partial charge in [-0.3, -0.25) is 9.59 Å². The quantitative estimate of drug-likeness (QED) is 0.614. The van der Waals surface area contributed by atoms with E-state index in [4.69, 9.17) is 16.0 Å². The number of nitrogens with zero attached hydrogens (tertiary/aromatic N) is 2. The van der Waals surface area contributed by atoms with Gasteiger partial charge < -0.3 is 14.6 Å². The summed E-state index contributed by atoms with van der Waals surface area (Å²) in [7, 11) is 0. The zero-order valence-electron chi connectivity index (χ0n) is 17.3. The third kappa shape index (κ3) is 4.97. The maximum absolute atomic E-state index is 12.9. The van der Waals surface area contributed by atoms with E-state index < -0.39 is 6.04 Å². The number of benzene rings is 2. The summed E-state index contributed by atoms with van der Waals surface area (Å²) in [6, 6.07) is 14.7. The lowest BCUT2D eigenvalue weighted by Gasteiger charge is -2.33. The van der Waals surface area contributed by atoms with Crippen LogP contribution in [0.15, 0.2) is 59.1 Å². The van der Waals surface area contributed by atoms with E-state index in [2.05, 4.69) is 10.3 Å². The van der Waals surface area contributed by atoms with Crippen LogP contribution in [-0.2, 0) is 16.0 Å². The van der Waals surface area contributed by atoms with Gasteiger partial charge in [0.1, 0.15) is 6.04 Å². The smallest absolute Gasteiger partial charge is 0.249 e. The number of piperidine rings is 1. The van der Waals surface area contributed by atoms with E-state index in [0.29, 0.717) is 41.7 Å². The molecule has 0 bridgehead atoms. The van der Waals surface area contributed by atoms with E-state index in [9.17, 15) is 9.59 Å². The minimum atomic E-state index is -0.551. The molecule has 7 heteroatoms. The van der Waals surface area contributed by atoms with Crippen molar-refractivity contribution in [3.63, 3.8) is 0 Å². The van der Waals surface area contributed by atoms with E-state index in [1.54, 1.807) is 17.2 Å². The highest BCUT2D eigenvalue weighted by molar-refractivity contribution is 6.33. The van der Waals surface area contributed by atoms with Crippen LogP contribution >= 0.6 is 11.6 Å². The number of halogens is 1. The molecule has 3 aromatic rings. The third-order valence-electron chi connectivity index (χ3n) is 5.37. The van der Waals surface area contributed by atoms with Gasteiger partial charge in [0, 0.05) is 24.9 Å². The Morgan fingerprint density at radius 1 is 1.23 bits per heavy atom. The van der Waals surface area contributed by atoms with Crippen LogP contribution < -0.4 is 10.2 Å². The summed E-state index contributed by atoms with van der Waals surface area (Å²) >= 11 is 6.25. The molecule has 31 heavy (non-hydrogen) atoms. The first-order valence-electron chi connectivity index (χ1n) is 10.4. The van der Waals surface area contributed by atoms with Gasteiger partial charge in [0.05, 0.1) is 16.9 Å². The standard InChI is InChI=1S/C24H24ClN3O3/c1-16-8-10-17(11-9-16)21-15-26-23(31-21)13-12-22(29)27-19-6-4-14-28(24(19)30)20-7-3-2-5-18(20)25/h2-3,5,7-11,15,19H,4,6,12-14H2,1H3,(H,27,29)/t19-/m0/s1. The Hall–Kier alpha value is -3.12. The van der Waals surface area contributed by atoms with Gasteiger partial charge in [0.2, 0.25) is 11.8 Å². The molecule has 1 saturated heterocycles. The number of anilines is 1. The zero-order chi connectivity index (χ0) is 21.8. The number of aromatic nitrogens is 1. The number of aryl methyl sites for hydroxylation is 2. The number of amides is 2. The average Bonchev–Trinajstić information content (AvgIpc) is 3.24. The molecule has 0 spiro atoms. The average molecular weight is 438 g/mol. The van der Waals surface area contributed by atoms with Crippen LogP contribution in [0.25, 0.3) is 11.3 Å². The summed E-state index contributed by atoms with van der Waals surface area (Å²) in [6.07, 6.45) is 3.64. The Balaban J connectivity index is 1.33. The highest BCUT2D eigenvalue weighted by Crippen LogP contribution is 2.28. The molecule has 1 aromatic heterocycles. The number of carbonyl (C=O) groups excluding carboxylic acids is 2. The second kappa shape index (κ2) is 9.35. The minimum absolute atomic E-state index is 0.134. The zero-order valence-corrected chi connectivity index (χ0v) is 18.1. The molecule has 1 N–H and O–H groups in total. The first-order chi connectivity index (χ1) is 15.0. The SMILES string of the molecule is Cc1ccc(-c2cnc(CCC(=O)N[C@H]3CCCN(c4ccccc4Cl)C3=O)o2)cc1. The molecular formula is C24H24ClN3O3. The van der Waals surface area contributed by atoms with Gasteiger partial charge in [0.15, 0.2) is 11.7 Å². The summed E-state index contributed by atoms with van der Waals surface area (Å²) in [6.45, 7) is 2.62. The molecule has 1 fully saturated rings. The predicted molar refractivity (Wildman–Crippen MR) is 120 cm³/mol. The van der Waals surface area contributed by atoms with Crippen LogP contribution in [0.3, 0.4) is 0 Å². The van der Waals surface area contributed by atoms with Crippen LogP contribution in [0, 0.1) is 6.92 Å². The Labute approximate surface area is 186 Å². The van der Waals surface area contributed by atoms with Gasteiger partial charge >= 0.3 is 0 Å². The second-order valence-corrected chi connectivity index (χ2v) is 8.10. The van der Waals surface area contributed by atoms with Crippen LogP contribution in [0.4, 0.5) is 5.69 Å². The van der Waals surface area contributed by atoms with Crippen molar-refractivity contribution >= 4 is 29.1 Å². The van der Waals surface area contributed by atoms with E-state index in [1.165, 1.54) is 5.56 Å². The fourth-order valence-corrected chi connectivity index (χ4v) is 3.92. The van der Waals surface area contributed by atoms with Crippen LogP contribution in [0.1, 0.15) is 30.7 Å². The number of oxazole rings is 1. The topological polar surface area (TPSA) is 75.4 Å². The normalized spacial score (nSPS) is 16.4. The monoisotopic (exact) mass is 437 g/mol. The van der Waals surface area contributed by atoms with Crippen molar-refractivity contribution in [3.8, 4) is 11.3 Å². The lowest BCUT2D eigenvalue weighted by atomic mass is 10.0. The number of hydrogen-bond donors (Lipinski definition) is 1. The molecule has 6 nitrogen and oxygen atoms in total. The molecule has 2 aromatic carbocycles. The van der Waals surface area contributed by atoms with Gasteiger partial charge in [-0.25, -0.2) is 4.98 Å². The fraction of sp³-hybridized carbons (Fsp3) is 0.292. The Morgan fingerprint density at radius 2 is 2.00 bits per heavy atom. The molecule has 0 saturated carbocycles. The van der Waals surface area contributed by atoms with Crippen LogP contribution in [0.5, 0.6) is 0 Å². The third-order valence-corrected chi connectivity index (χ3v) is 5.69. The number of para-hydroxylation sites is 1. The number of rotatable bonds is 6. The molecule has 0 radical (unpaired) electrons. The summed E-state index contributed by atoms with van der Waals surface area (Å²) in [4.78, 5) is 31.3. The van der Waals surface area contributed by atoms with E-state index >= 15 is 0 Å². The van der Waals surface area contributed by atoms with Crippen LogP contribution in [-0.4, -0.2) is 29.4 Å². The van der Waals surface area contributed by atoms with E-state index in [-0.39, 0.29) is 18.2 Å². The predicted octanol–water partition coefficient (Wildman–Crippen LogP) is 4.55. The Morgan fingerprint density at radius 3 is 2.77 bits per heavy atom. The first kappa shape index (κ1) is 21.1. The number of carbonyl (C=O) groups is 2. The van der Waals surface area contributed by atoms with E-state index in [0.717, 1.165) is 12.0 Å². The van der Waals surface area contributed by atoms with Gasteiger partial charge in [0.25, 0.3) is 0 Å². The summed E-state index contributed by atoms with van der Waals surface area (Å²) in [5.41, 5.74) is 2.79. The molecule has 2 amide bonds. The maximum Gasteiger partial charge on any atom is 0.249 e. The Kier molecular flexibility index (Phi) is 6.37. The van der Waals surface area contributed by atoms with Crippen molar-refractivity contribution in [2.75, 3.05) is 11.4 Å². The van der Waals surface area contributed by atoms with Gasteiger partial charge in [-0.05, 0) is 31.9 Å². The van der Waals surface area contributed by atoms with Crippen molar-refractivity contribution in [2.45, 2.75) is 38.6 Å². The summed E-state index contributed by atoms with van der Waals surface area (Å²) in [5.74, 6) is 0.839. The lowest BCUT2D eigenvalue weighted by molar-refractivity contribution is -0.128. The minimum Gasteiger partial charge on any atom is -0.441 e. The van der Waals surface area contributed by atoms with Crippen LogP contribution in [0.2, 0.25) is 5.02 Å². The lowest BCUT2D eigenvalue weighted by Crippen LogP contribution is -2.52. The molecule has 0 unspecified atom stereocenters. The number of nitrogens with one attached hydrogen (secondary N) is 1. The highest BCUT2D eigenvalue weighted by Gasteiger charge is 2.31. The largest absolute Gasteiger partial charge is 0.441 e.